The molecule has 1 saturated heterocycles. The number of hydrogen-bond donors (Lipinski definition) is 2. The van der Waals surface area contributed by atoms with Crippen molar-refractivity contribution in [2.24, 2.45) is 0 Å². The summed E-state index contributed by atoms with van der Waals surface area (Å²) in [5.41, 5.74) is -0.0531. The molecular formula is C20H27N3O5. The Kier molecular flexibility index (Phi) is 6.51. The monoisotopic (exact) mass is 389 g/mol. The molecule has 1 aromatic rings. The van der Waals surface area contributed by atoms with E-state index < -0.39 is 5.54 Å². The van der Waals surface area contributed by atoms with E-state index >= 15 is 0 Å². The Balaban J connectivity index is 1.44. The molecule has 1 aliphatic heterocycles. The van der Waals surface area contributed by atoms with Gasteiger partial charge in [0.2, 0.25) is 5.91 Å². The lowest BCUT2D eigenvalue weighted by molar-refractivity contribution is -0.131. The second-order valence-electron chi connectivity index (χ2n) is 7.20. The maximum Gasteiger partial charge on any atom is 0.325 e. The number of rotatable bonds is 9. The topological polar surface area (TPSA) is 97.0 Å². The highest BCUT2D eigenvalue weighted by Crippen LogP contribution is 2.35. The zero-order chi connectivity index (χ0) is 20.0. The first-order valence-corrected chi connectivity index (χ1v) is 9.70. The van der Waals surface area contributed by atoms with Gasteiger partial charge in [-0.15, -0.1) is 0 Å². The van der Waals surface area contributed by atoms with Gasteiger partial charge >= 0.3 is 6.03 Å². The van der Waals surface area contributed by atoms with Crippen LogP contribution in [0.2, 0.25) is 0 Å². The molecule has 0 radical (unpaired) electrons. The van der Waals surface area contributed by atoms with E-state index in [0.29, 0.717) is 43.9 Å². The molecule has 1 saturated carbocycles. The molecule has 1 spiro atoms. The third-order valence-corrected chi connectivity index (χ3v) is 5.16. The van der Waals surface area contributed by atoms with Crippen molar-refractivity contribution in [1.82, 2.24) is 10.2 Å². The number of ether oxygens (including phenoxy) is 2. The Bertz CT molecular complexity index is 730. The number of urea groups is 1. The first kappa shape index (κ1) is 20.1. The highest BCUT2D eigenvalue weighted by atomic mass is 16.5. The molecule has 2 aliphatic rings. The number of nitrogens with zero attached hydrogens (tertiary/aromatic N) is 1. The van der Waals surface area contributed by atoms with Crippen LogP contribution in [0, 0.1) is 0 Å². The zero-order valence-corrected chi connectivity index (χ0v) is 16.2. The molecular weight excluding hydrogens is 362 g/mol. The van der Waals surface area contributed by atoms with E-state index in [0.717, 1.165) is 12.8 Å². The molecule has 8 nitrogen and oxygen atoms in total. The summed E-state index contributed by atoms with van der Waals surface area (Å²) in [7, 11) is 1.60. The summed E-state index contributed by atoms with van der Waals surface area (Å²) in [5, 5.41) is 5.66. The van der Waals surface area contributed by atoms with E-state index in [1.54, 1.807) is 25.3 Å². The van der Waals surface area contributed by atoms with Crippen molar-refractivity contribution in [1.29, 1.82) is 0 Å². The van der Waals surface area contributed by atoms with Gasteiger partial charge in [0.1, 0.15) is 17.9 Å². The maximum absolute atomic E-state index is 12.6. The summed E-state index contributed by atoms with van der Waals surface area (Å²) in [6.07, 6.45) is 3.96. The van der Waals surface area contributed by atoms with E-state index in [1.165, 1.54) is 4.90 Å². The van der Waals surface area contributed by atoms with Crippen LogP contribution in [-0.4, -0.2) is 55.2 Å². The first-order valence-electron chi connectivity index (χ1n) is 9.70. The normalized spacial score (nSPS) is 17.8. The van der Waals surface area contributed by atoms with Gasteiger partial charge in [-0.3, -0.25) is 14.5 Å². The summed E-state index contributed by atoms with van der Waals surface area (Å²) >= 11 is 0. The lowest BCUT2D eigenvalue weighted by Crippen LogP contribution is -2.44. The van der Waals surface area contributed by atoms with E-state index in [1.807, 2.05) is 6.07 Å². The number of nitrogens with one attached hydrogen (secondary N) is 2. The summed E-state index contributed by atoms with van der Waals surface area (Å²) in [6, 6.07) is 6.79. The summed E-state index contributed by atoms with van der Waals surface area (Å²) in [5.74, 6) is 0.337. The van der Waals surface area contributed by atoms with Gasteiger partial charge in [0.25, 0.3) is 5.91 Å². The molecule has 28 heavy (non-hydrogen) atoms. The SMILES string of the molecule is COCCOc1cccc(NC(=O)CCCN2C(=O)NC3(CCCC3)C2=O)c1. The van der Waals surface area contributed by atoms with Crippen molar-refractivity contribution in [2.45, 2.75) is 44.1 Å². The number of anilines is 1. The standard InChI is InChI=1S/C20H27N3O5/c1-27-12-13-28-16-7-4-6-15(14-16)21-17(24)8-5-11-23-18(25)20(22-19(23)26)9-2-3-10-20/h4,6-7,14H,2-3,5,8-13H2,1H3,(H,21,24)(H,22,26). The van der Waals surface area contributed by atoms with E-state index in [9.17, 15) is 14.4 Å². The third kappa shape index (κ3) is 4.62. The van der Waals surface area contributed by atoms with Gasteiger partial charge < -0.3 is 20.1 Å². The molecule has 0 aromatic heterocycles. The van der Waals surface area contributed by atoms with Crippen LogP contribution in [0.15, 0.2) is 24.3 Å². The number of carbonyl (C=O) groups is 3. The van der Waals surface area contributed by atoms with Crippen LogP contribution >= 0.6 is 0 Å². The van der Waals surface area contributed by atoms with Gasteiger partial charge in [-0.25, -0.2) is 4.79 Å². The highest BCUT2D eigenvalue weighted by molar-refractivity contribution is 6.07. The van der Waals surface area contributed by atoms with E-state index in [-0.39, 0.29) is 30.8 Å². The van der Waals surface area contributed by atoms with Gasteiger partial charge in [0.05, 0.1) is 6.61 Å². The molecule has 3 rings (SSSR count). The molecule has 0 atom stereocenters. The van der Waals surface area contributed by atoms with Crippen molar-refractivity contribution < 1.29 is 23.9 Å². The average Bonchev–Trinajstić information content (AvgIpc) is 3.23. The molecule has 1 aromatic carbocycles. The smallest absolute Gasteiger partial charge is 0.325 e. The van der Waals surface area contributed by atoms with Crippen molar-refractivity contribution >= 4 is 23.5 Å². The first-order chi connectivity index (χ1) is 13.5. The molecule has 1 aliphatic carbocycles. The average molecular weight is 389 g/mol. The largest absolute Gasteiger partial charge is 0.491 e. The number of methoxy groups -OCH3 is 1. The zero-order valence-electron chi connectivity index (χ0n) is 16.2. The number of benzene rings is 1. The van der Waals surface area contributed by atoms with Crippen LogP contribution < -0.4 is 15.4 Å². The molecule has 2 fully saturated rings. The quantitative estimate of drug-likeness (QED) is 0.499. The van der Waals surface area contributed by atoms with Gasteiger partial charge in [-0.2, -0.15) is 0 Å². The Hall–Kier alpha value is -2.61. The number of hydrogen-bond acceptors (Lipinski definition) is 5. The molecule has 2 N–H and O–H groups in total. The lowest BCUT2D eigenvalue weighted by Gasteiger charge is -2.19. The lowest BCUT2D eigenvalue weighted by atomic mass is 9.98. The van der Waals surface area contributed by atoms with Crippen molar-refractivity contribution in [2.75, 3.05) is 32.2 Å². The van der Waals surface area contributed by atoms with Crippen LogP contribution in [0.5, 0.6) is 5.75 Å². The number of carbonyl (C=O) groups excluding carboxylic acids is 3. The fraction of sp³-hybridized carbons (Fsp3) is 0.550. The molecule has 1 heterocycles. The van der Waals surface area contributed by atoms with Crippen LogP contribution in [0.25, 0.3) is 0 Å². The molecule has 152 valence electrons. The van der Waals surface area contributed by atoms with E-state index in [2.05, 4.69) is 10.6 Å². The number of imide groups is 1. The number of amides is 4. The Morgan fingerprint density at radius 2 is 2.04 bits per heavy atom. The van der Waals surface area contributed by atoms with Crippen LogP contribution in [0.4, 0.5) is 10.5 Å². The summed E-state index contributed by atoms with van der Waals surface area (Å²) in [4.78, 5) is 38.1. The molecule has 0 unspecified atom stereocenters. The predicted molar refractivity (Wildman–Crippen MR) is 103 cm³/mol. The van der Waals surface area contributed by atoms with Gasteiger partial charge in [-0.05, 0) is 31.4 Å². The molecule has 8 heteroatoms. The Labute approximate surface area is 164 Å². The minimum atomic E-state index is -0.692. The fourth-order valence-electron chi connectivity index (χ4n) is 3.72. The third-order valence-electron chi connectivity index (χ3n) is 5.16. The second kappa shape index (κ2) is 9.05. The highest BCUT2D eigenvalue weighted by Gasteiger charge is 2.51. The van der Waals surface area contributed by atoms with Crippen molar-refractivity contribution in [3.8, 4) is 5.75 Å². The van der Waals surface area contributed by atoms with Crippen LogP contribution in [-0.2, 0) is 14.3 Å². The van der Waals surface area contributed by atoms with E-state index in [4.69, 9.17) is 9.47 Å². The van der Waals surface area contributed by atoms with Crippen LogP contribution in [0.1, 0.15) is 38.5 Å². The minimum absolute atomic E-state index is 0.142. The van der Waals surface area contributed by atoms with Gasteiger partial charge in [-0.1, -0.05) is 18.9 Å². The minimum Gasteiger partial charge on any atom is -0.491 e. The second-order valence-corrected chi connectivity index (χ2v) is 7.20. The Morgan fingerprint density at radius 3 is 2.79 bits per heavy atom. The Morgan fingerprint density at radius 1 is 1.25 bits per heavy atom. The maximum atomic E-state index is 12.6. The summed E-state index contributed by atoms with van der Waals surface area (Å²) < 4.78 is 10.5. The van der Waals surface area contributed by atoms with Crippen molar-refractivity contribution in [3.63, 3.8) is 0 Å². The summed E-state index contributed by atoms with van der Waals surface area (Å²) in [6.45, 7) is 1.17. The molecule has 4 amide bonds. The predicted octanol–water partition coefficient (Wildman–Crippen LogP) is 2.30. The van der Waals surface area contributed by atoms with Crippen molar-refractivity contribution in [3.05, 3.63) is 24.3 Å². The fourth-order valence-corrected chi connectivity index (χ4v) is 3.72. The van der Waals surface area contributed by atoms with Gasteiger partial charge in [0, 0.05) is 31.8 Å². The molecule has 0 bridgehead atoms. The van der Waals surface area contributed by atoms with Crippen LogP contribution in [0.3, 0.4) is 0 Å². The van der Waals surface area contributed by atoms with Gasteiger partial charge in [0.15, 0.2) is 0 Å².